The quantitative estimate of drug-likeness (QED) is 0.593. The van der Waals surface area contributed by atoms with Gasteiger partial charge in [-0.1, -0.05) is 24.3 Å². The van der Waals surface area contributed by atoms with E-state index in [0.29, 0.717) is 12.0 Å². The Morgan fingerprint density at radius 3 is 2.92 bits per heavy atom. The fourth-order valence-corrected chi connectivity index (χ4v) is 2.74. The lowest BCUT2D eigenvalue weighted by molar-refractivity contribution is 0.615. The highest BCUT2D eigenvalue weighted by Gasteiger charge is 2.32. The summed E-state index contributed by atoms with van der Waals surface area (Å²) in [6.07, 6.45) is 14.4. The Morgan fingerprint density at radius 2 is 1.92 bits per heavy atom. The van der Waals surface area contributed by atoms with Crippen molar-refractivity contribution in [2.45, 2.75) is 31.7 Å². The molecule has 1 heterocycles. The van der Waals surface area contributed by atoms with Crippen LogP contribution in [0.25, 0.3) is 0 Å². The first-order valence-corrected chi connectivity index (χ1v) is 5.28. The molecule has 2 aliphatic carbocycles. The molecule has 0 saturated carbocycles. The third-order valence-electron chi connectivity index (χ3n) is 3.39. The molecule has 0 aromatic rings. The Hall–Kier alpha value is -0.980. The van der Waals surface area contributed by atoms with E-state index in [-0.39, 0.29) is 0 Å². The molecule has 0 aromatic heterocycles. The summed E-state index contributed by atoms with van der Waals surface area (Å²) >= 11 is 0. The fourth-order valence-electron chi connectivity index (χ4n) is 2.74. The smallest absolute Gasteiger partial charge is 0.0545 e. The van der Waals surface area contributed by atoms with Gasteiger partial charge in [-0.25, -0.2) is 0 Å². The van der Waals surface area contributed by atoms with E-state index in [2.05, 4.69) is 29.6 Å². The number of fused-ring (bicyclic) bond motifs is 2. The summed E-state index contributed by atoms with van der Waals surface area (Å²) in [6, 6.07) is 0.577. The van der Waals surface area contributed by atoms with E-state index in [1.165, 1.54) is 25.7 Å². The predicted molar refractivity (Wildman–Crippen MR) is 54.2 cm³/mol. The van der Waals surface area contributed by atoms with E-state index in [4.69, 9.17) is 0 Å². The molecule has 0 bridgehead atoms. The van der Waals surface area contributed by atoms with Crippen molar-refractivity contribution in [2.24, 2.45) is 5.92 Å². The van der Waals surface area contributed by atoms with Gasteiger partial charge < -0.3 is 5.32 Å². The van der Waals surface area contributed by atoms with Crippen molar-refractivity contribution in [1.29, 1.82) is 0 Å². The Balaban J connectivity index is 1.95. The number of allylic oxidation sites excluding steroid dienone is 3. The lowest BCUT2D eigenvalue weighted by Gasteiger charge is -2.18. The molecule has 1 heteroatoms. The van der Waals surface area contributed by atoms with Crippen LogP contribution in [0.5, 0.6) is 0 Å². The molecule has 1 nitrogen and oxygen atoms in total. The molecule has 3 rings (SSSR count). The fraction of sp³-hybridized carbons (Fsp3) is 0.500. The van der Waals surface area contributed by atoms with Crippen molar-refractivity contribution in [1.82, 2.24) is 5.32 Å². The lowest BCUT2D eigenvalue weighted by Crippen LogP contribution is -2.26. The molecule has 3 aliphatic rings. The van der Waals surface area contributed by atoms with Gasteiger partial charge in [-0.05, 0) is 31.3 Å². The molecule has 2 atom stereocenters. The van der Waals surface area contributed by atoms with Gasteiger partial charge in [0.15, 0.2) is 0 Å². The molecular weight excluding hydrogens is 158 g/mol. The van der Waals surface area contributed by atoms with Gasteiger partial charge in [0.1, 0.15) is 0 Å². The van der Waals surface area contributed by atoms with Crippen molar-refractivity contribution in [3.63, 3.8) is 0 Å². The summed E-state index contributed by atoms with van der Waals surface area (Å²) in [5.41, 5.74) is 3.24. The van der Waals surface area contributed by atoms with Gasteiger partial charge in [0.05, 0.1) is 6.04 Å². The van der Waals surface area contributed by atoms with Crippen molar-refractivity contribution >= 4 is 0 Å². The highest BCUT2D eigenvalue weighted by Crippen LogP contribution is 2.38. The van der Waals surface area contributed by atoms with Gasteiger partial charge in [0.2, 0.25) is 0 Å². The van der Waals surface area contributed by atoms with Crippen LogP contribution in [0.3, 0.4) is 0 Å². The highest BCUT2D eigenvalue weighted by atomic mass is 15.0. The van der Waals surface area contributed by atoms with Gasteiger partial charge in [-0.3, -0.25) is 0 Å². The zero-order valence-corrected chi connectivity index (χ0v) is 7.79. The van der Waals surface area contributed by atoms with E-state index in [1.54, 1.807) is 11.3 Å². The molecule has 1 aliphatic heterocycles. The number of nitrogens with one attached hydrogen (secondary N) is 1. The zero-order valence-electron chi connectivity index (χ0n) is 7.79. The van der Waals surface area contributed by atoms with Gasteiger partial charge in [0.25, 0.3) is 0 Å². The average molecular weight is 173 g/mol. The summed E-state index contributed by atoms with van der Waals surface area (Å²) in [5.74, 6) is 0.681. The molecule has 68 valence electrons. The summed E-state index contributed by atoms with van der Waals surface area (Å²) < 4.78 is 0. The van der Waals surface area contributed by atoms with Crippen LogP contribution >= 0.6 is 0 Å². The average Bonchev–Trinajstić information content (AvgIpc) is 2.56. The van der Waals surface area contributed by atoms with Crippen LogP contribution in [0.2, 0.25) is 0 Å². The molecule has 0 saturated heterocycles. The highest BCUT2D eigenvalue weighted by molar-refractivity contribution is 5.36. The molecule has 1 N–H and O–H groups in total. The van der Waals surface area contributed by atoms with Gasteiger partial charge in [-0.2, -0.15) is 0 Å². The van der Waals surface area contributed by atoms with Crippen molar-refractivity contribution < 1.29 is 0 Å². The van der Waals surface area contributed by atoms with E-state index in [9.17, 15) is 0 Å². The van der Waals surface area contributed by atoms with E-state index in [1.807, 2.05) is 0 Å². The molecule has 2 unspecified atom stereocenters. The summed E-state index contributed by atoms with van der Waals surface area (Å²) in [4.78, 5) is 0. The van der Waals surface area contributed by atoms with E-state index in [0.717, 1.165) is 0 Å². The lowest BCUT2D eigenvalue weighted by atomic mass is 9.85. The second-order valence-electron chi connectivity index (χ2n) is 4.18. The van der Waals surface area contributed by atoms with E-state index >= 15 is 0 Å². The van der Waals surface area contributed by atoms with Crippen LogP contribution in [0.1, 0.15) is 25.7 Å². The topological polar surface area (TPSA) is 12.0 Å². The standard InChI is InChI=1S/C12H15N/c1-3-7-11-9(5-1)10-6-2-4-8-12(10)13-11/h1,3,5,7,9,11,13H,2,4,6,8H2. The molecule has 0 spiro atoms. The van der Waals surface area contributed by atoms with Crippen LogP contribution < -0.4 is 5.32 Å². The van der Waals surface area contributed by atoms with Crippen molar-refractivity contribution in [3.05, 3.63) is 35.6 Å². The predicted octanol–water partition coefficient (Wildman–Crippen LogP) is 2.53. The minimum atomic E-state index is 0.577. The Morgan fingerprint density at radius 1 is 1.08 bits per heavy atom. The maximum Gasteiger partial charge on any atom is 0.0545 e. The van der Waals surface area contributed by atoms with Crippen LogP contribution in [-0.2, 0) is 0 Å². The Kier molecular flexibility index (Phi) is 1.58. The van der Waals surface area contributed by atoms with Gasteiger partial charge >= 0.3 is 0 Å². The van der Waals surface area contributed by atoms with Crippen LogP contribution in [-0.4, -0.2) is 6.04 Å². The monoisotopic (exact) mass is 173 g/mol. The van der Waals surface area contributed by atoms with Crippen molar-refractivity contribution in [2.75, 3.05) is 0 Å². The molecule has 13 heavy (non-hydrogen) atoms. The normalized spacial score (nSPS) is 35.7. The summed E-state index contributed by atoms with van der Waals surface area (Å²) in [5, 5.41) is 3.64. The first-order valence-electron chi connectivity index (χ1n) is 5.28. The summed E-state index contributed by atoms with van der Waals surface area (Å²) in [7, 11) is 0. The van der Waals surface area contributed by atoms with Gasteiger partial charge in [-0.15, -0.1) is 0 Å². The van der Waals surface area contributed by atoms with E-state index < -0.39 is 0 Å². The Labute approximate surface area is 79.2 Å². The third kappa shape index (κ3) is 1.06. The number of hydrogen-bond acceptors (Lipinski definition) is 1. The maximum absolute atomic E-state index is 3.64. The molecule has 0 amide bonds. The van der Waals surface area contributed by atoms with Crippen LogP contribution in [0.4, 0.5) is 0 Å². The van der Waals surface area contributed by atoms with Crippen LogP contribution in [0, 0.1) is 5.92 Å². The molecular formula is C12H15N. The minimum Gasteiger partial charge on any atom is -0.381 e. The minimum absolute atomic E-state index is 0.577. The first-order chi connectivity index (χ1) is 6.45. The largest absolute Gasteiger partial charge is 0.381 e. The first kappa shape index (κ1) is 7.43. The molecule has 0 radical (unpaired) electrons. The molecule has 0 fully saturated rings. The van der Waals surface area contributed by atoms with Gasteiger partial charge in [0, 0.05) is 11.6 Å². The summed E-state index contributed by atoms with van der Waals surface area (Å²) in [6.45, 7) is 0. The number of rotatable bonds is 0. The second kappa shape index (κ2) is 2.76. The van der Waals surface area contributed by atoms with Crippen LogP contribution in [0.15, 0.2) is 35.6 Å². The SMILES string of the molecule is C1=CC2NC3=C(CCCC3)C2C=C1. The zero-order chi connectivity index (χ0) is 8.67. The second-order valence-corrected chi connectivity index (χ2v) is 4.18. The Bertz CT molecular complexity index is 309. The third-order valence-corrected chi connectivity index (χ3v) is 3.39. The van der Waals surface area contributed by atoms with Crippen molar-refractivity contribution in [3.8, 4) is 0 Å². The maximum atomic E-state index is 3.64. The number of hydrogen-bond donors (Lipinski definition) is 1. The molecule has 0 aromatic carbocycles.